The highest BCUT2D eigenvalue weighted by molar-refractivity contribution is 8.00. The van der Waals surface area contributed by atoms with Gasteiger partial charge < -0.3 is 10.6 Å². The van der Waals surface area contributed by atoms with Crippen molar-refractivity contribution in [2.24, 2.45) is 0 Å². The number of nitrogens with one attached hydrogen (secondary N) is 2. The number of benzene rings is 2. The molecule has 0 aliphatic carbocycles. The number of thioether (sulfide) groups is 1. The molecule has 2 N–H and O–H groups in total. The molecule has 0 unspecified atom stereocenters. The van der Waals surface area contributed by atoms with Gasteiger partial charge in [0.15, 0.2) is 5.13 Å². The van der Waals surface area contributed by atoms with Gasteiger partial charge in [0.2, 0.25) is 11.8 Å². The summed E-state index contributed by atoms with van der Waals surface area (Å²) in [6, 6.07) is 15.3. The Labute approximate surface area is 153 Å². The van der Waals surface area contributed by atoms with Crippen molar-refractivity contribution in [3.05, 3.63) is 54.1 Å². The summed E-state index contributed by atoms with van der Waals surface area (Å²) in [4.78, 5) is 28.2. The lowest BCUT2D eigenvalue weighted by molar-refractivity contribution is -0.114. The van der Waals surface area contributed by atoms with Gasteiger partial charge in [-0.25, -0.2) is 4.98 Å². The average Bonchev–Trinajstić information content (AvgIpc) is 2.96. The van der Waals surface area contributed by atoms with Crippen LogP contribution in [-0.4, -0.2) is 28.3 Å². The standard InChI is InChI=1S/C18H17N3O2S2/c1-12-5-4-6-13(9-12)19-16(22)10-24-11-17(23)21-18-20-14-7-2-3-8-15(14)25-18/h2-9H,10-11H2,1H3,(H,19,22)(H,20,21,23). The summed E-state index contributed by atoms with van der Waals surface area (Å²) in [7, 11) is 0. The van der Waals surface area contributed by atoms with Gasteiger partial charge in [0, 0.05) is 5.69 Å². The van der Waals surface area contributed by atoms with E-state index in [2.05, 4.69) is 15.6 Å². The Kier molecular flexibility index (Phi) is 5.67. The number of rotatable bonds is 6. The molecule has 0 fully saturated rings. The third-order valence-electron chi connectivity index (χ3n) is 3.31. The van der Waals surface area contributed by atoms with Crippen LogP contribution in [0.5, 0.6) is 0 Å². The number of hydrogen-bond acceptors (Lipinski definition) is 5. The van der Waals surface area contributed by atoms with E-state index in [4.69, 9.17) is 0 Å². The molecule has 128 valence electrons. The lowest BCUT2D eigenvalue weighted by atomic mass is 10.2. The second kappa shape index (κ2) is 8.13. The van der Waals surface area contributed by atoms with Crippen molar-refractivity contribution in [1.82, 2.24) is 4.98 Å². The number of carbonyl (C=O) groups excluding carboxylic acids is 2. The van der Waals surface area contributed by atoms with Crippen LogP contribution in [-0.2, 0) is 9.59 Å². The highest BCUT2D eigenvalue weighted by atomic mass is 32.2. The van der Waals surface area contributed by atoms with Crippen molar-refractivity contribution in [2.45, 2.75) is 6.92 Å². The Morgan fingerprint density at radius 2 is 1.80 bits per heavy atom. The fourth-order valence-electron chi connectivity index (χ4n) is 2.24. The molecule has 0 aliphatic heterocycles. The SMILES string of the molecule is Cc1cccc(NC(=O)CSCC(=O)Nc2nc3ccccc3s2)c1. The second-order valence-corrected chi connectivity index (χ2v) is 7.46. The minimum atomic E-state index is -0.160. The van der Waals surface area contributed by atoms with Crippen molar-refractivity contribution < 1.29 is 9.59 Å². The molecule has 0 atom stereocenters. The molecule has 0 radical (unpaired) electrons. The smallest absolute Gasteiger partial charge is 0.236 e. The fourth-order valence-corrected chi connectivity index (χ4v) is 3.74. The zero-order chi connectivity index (χ0) is 17.6. The number of thiazole rings is 1. The summed E-state index contributed by atoms with van der Waals surface area (Å²) in [6.45, 7) is 1.97. The maximum absolute atomic E-state index is 12.0. The van der Waals surface area contributed by atoms with Crippen LogP contribution in [0.25, 0.3) is 10.2 Å². The van der Waals surface area contributed by atoms with E-state index < -0.39 is 0 Å². The van der Waals surface area contributed by atoms with Crippen molar-refractivity contribution in [1.29, 1.82) is 0 Å². The van der Waals surface area contributed by atoms with E-state index in [0.29, 0.717) is 5.13 Å². The number of aryl methyl sites for hydroxylation is 1. The maximum atomic E-state index is 12.0. The van der Waals surface area contributed by atoms with Gasteiger partial charge in [-0.2, -0.15) is 0 Å². The molecule has 2 aromatic carbocycles. The highest BCUT2D eigenvalue weighted by Gasteiger charge is 2.09. The van der Waals surface area contributed by atoms with E-state index in [1.807, 2.05) is 55.5 Å². The monoisotopic (exact) mass is 371 g/mol. The van der Waals surface area contributed by atoms with E-state index >= 15 is 0 Å². The van der Waals surface area contributed by atoms with Gasteiger partial charge in [-0.05, 0) is 36.8 Å². The van der Waals surface area contributed by atoms with Crippen LogP contribution >= 0.6 is 23.1 Å². The van der Waals surface area contributed by atoms with Gasteiger partial charge in [-0.1, -0.05) is 35.6 Å². The number of hydrogen-bond donors (Lipinski definition) is 2. The molecule has 0 saturated heterocycles. The third-order valence-corrected chi connectivity index (χ3v) is 5.19. The van der Waals surface area contributed by atoms with Crippen LogP contribution in [0.15, 0.2) is 48.5 Å². The molecule has 7 heteroatoms. The molecule has 1 heterocycles. The zero-order valence-corrected chi connectivity index (χ0v) is 15.2. The van der Waals surface area contributed by atoms with Crippen LogP contribution < -0.4 is 10.6 Å². The van der Waals surface area contributed by atoms with Crippen LogP contribution in [0, 0.1) is 6.92 Å². The second-order valence-electron chi connectivity index (χ2n) is 5.45. The van der Waals surface area contributed by atoms with E-state index in [9.17, 15) is 9.59 Å². The van der Waals surface area contributed by atoms with Crippen LogP contribution in [0.4, 0.5) is 10.8 Å². The Bertz CT molecular complexity index is 875. The third kappa shape index (κ3) is 5.04. The lowest BCUT2D eigenvalue weighted by Gasteiger charge is -2.06. The molecule has 0 spiro atoms. The molecule has 2 amide bonds. The van der Waals surface area contributed by atoms with E-state index in [1.165, 1.54) is 23.1 Å². The first-order chi connectivity index (χ1) is 12.1. The molecule has 5 nitrogen and oxygen atoms in total. The molecule has 1 aromatic heterocycles. The Balaban J connectivity index is 1.43. The molecule has 0 aliphatic rings. The summed E-state index contributed by atoms with van der Waals surface area (Å²) in [6.07, 6.45) is 0. The topological polar surface area (TPSA) is 71.1 Å². The number of anilines is 2. The summed E-state index contributed by atoms with van der Waals surface area (Å²) in [5.74, 6) is 0.147. The summed E-state index contributed by atoms with van der Waals surface area (Å²) < 4.78 is 1.03. The van der Waals surface area contributed by atoms with Gasteiger partial charge in [0.1, 0.15) is 0 Å². The first-order valence-electron chi connectivity index (χ1n) is 7.70. The number of amides is 2. The number of para-hydroxylation sites is 1. The fraction of sp³-hybridized carbons (Fsp3) is 0.167. The normalized spacial score (nSPS) is 10.6. The highest BCUT2D eigenvalue weighted by Crippen LogP contribution is 2.25. The van der Waals surface area contributed by atoms with Crippen molar-refractivity contribution in [3.8, 4) is 0 Å². The number of nitrogens with zero attached hydrogens (tertiary/aromatic N) is 1. The number of aromatic nitrogens is 1. The van der Waals surface area contributed by atoms with Crippen LogP contribution in [0.1, 0.15) is 5.56 Å². The van der Waals surface area contributed by atoms with Crippen LogP contribution in [0.2, 0.25) is 0 Å². The van der Waals surface area contributed by atoms with Gasteiger partial charge in [-0.3, -0.25) is 9.59 Å². The average molecular weight is 371 g/mol. The predicted octanol–water partition coefficient (Wildman–Crippen LogP) is 3.92. The quantitative estimate of drug-likeness (QED) is 0.689. The minimum Gasteiger partial charge on any atom is -0.325 e. The summed E-state index contributed by atoms with van der Waals surface area (Å²) >= 11 is 2.71. The first-order valence-corrected chi connectivity index (χ1v) is 9.67. The van der Waals surface area contributed by atoms with Gasteiger partial charge in [-0.15, -0.1) is 11.8 Å². The lowest BCUT2D eigenvalue weighted by Crippen LogP contribution is -2.18. The molecule has 3 aromatic rings. The zero-order valence-electron chi connectivity index (χ0n) is 13.6. The molecular weight excluding hydrogens is 354 g/mol. The van der Waals surface area contributed by atoms with Crippen molar-refractivity contribution in [2.75, 3.05) is 22.1 Å². The maximum Gasteiger partial charge on any atom is 0.236 e. The number of carbonyl (C=O) groups is 2. The van der Waals surface area contributed by atoms with Crippen LogP contribution in [0.3, 0.4) is 0 Å². The molecular formula is C18H17N3O2S2. The minimum absolute atomic E-state index is 0.122. The molecule has 0 saturated carbocycles. The largest absolute Gasteiger partial charge is 0.325 e. The number of fused-ring (bicyclic) bond motifs is 1. The van der Waals surface area contributed by atoms with E-state index in [1.54, 1.807) is 0 Å². The van der Waals surface area contributed by atoms with Gasteiger partial charge in [0.25, 0.3) is 0 Å². The molecule has 3 rings (SSSR count). The molecule has 25 heavy (non-hydrogen) atoms. The van der Waals surface area contributed by atoms with E-state index in [-0.39, 0.29) is 23.3 Å². The summed E-state index contributed by atoms with van der Waals surface area (Å²) in [5.41, 5.74) is 2.72. The Hall–Kier alpha value is -2.38. The Morgan fingerprint density at radius 3 is 2.56 bits per heavy atom. The van der Waals surface area contributed by atoms with Gasteiger partial charge >= 0.3 is 0 Å². The van der Waals surface area contributed by atoms with E-state index in [0.717, 1.165) is 21.5 Å². The predicted molar refractivity (Wildman–Crippen MR) is 105 cm³/mol. The first kappa shape index (κ1) is 17.4. The van der Waals surface area contributed by atoms with Crippen molar-refractivity contribution in [3.63, 3.8) is 0 Å². The van der Waals surface area contributed by atoms with Crippen molar-refractivity contribution >= 4 is 55.9 Å². The Morgan fingerprint density at radius 1 is 1.04 bits per heavy atom. The summed E-state index contributed by atoms with van der Waals surface area (Å²) in [5, 5.41) is 6.18. The molecule has 0 bridgehead atoms. The van der Waals surface area contributed by atoms with Gasteiger partial charge in [0.05, 0.1) is 21.7 Å².